The summed E-state index contributed by atoms with van der Waals surface area (Å²) in [7, 11) is 5.64. The molecule has 1 aromatic rings. The predicted molar refractivity (Wildman–Crippen MR) is 74.3 cm³/mol. The molecule has 0 saturated carbocycles. The van der Waals surface area contributed by atoms with Gasteiger partial charge in [-0.15, -0.1) is 0 Å². The zero-order chi connectivity index (χ0) is 13.4. The molecule has 0 amide bonds. The minimum Gasteiger partial charge on any atom is -0.497 e. The fourth-order valence-corrected chi connectivity index (χ4v) is 2.00. The summed E-state index contributed by atoms with van der Waals surface area (Å²) in [5.41, 5.74) is 2.39. The number of nitrogens with zero attached hydrogens (tertiary/aromatic N) is 2. The van der Waals surface area contributed by atoms with E-state index in [9.17, 15) is 0 Å². The van der Waals surface area contributed by atoms with E-state index in [0.717, 1.165) is 33.7 Å². The number of ether oxygens (including phenoxy) is 1. The molecular weight excluding hydrogens is 240 g/mol. The summed E-state index contributed by atoms with van der Waals surface area (Å²) >= 11 is 0. The highest BCUT2D eigenvalue weighted by molar-refractivity contribution is 5.77. The van der Waals surface area contributed by atoms with Gasteiger partial charge in [0.2, 0.25) is 5.36 Å². The van der Waals surface area contributed by atoms with Gasteiger partial charge < -0.3 is 9.15 Å². The lowest BCUT2D eigenvalue weighted by molar-refractivity contribution is 0.415. The van der Waals surface area contributed by atoms with Crippen molar-refractivity contribution in [1.29, 1.82) is 0 Å². The van der Waals surface area contributed by atoms with Crippen LogP contribution >= 0.6 is 0 Å². The van der Waals surface area contributed by atoms with E-state index >= 15 is 0 Å². The minimum absolute atomic E-state index is 0.754. The second kappa shape index (κ2) is 4.39. The Labute approximate surface area is 110 Å². The number of hydrogen-bond donors (Lipinski definition) is 0. The highest BCUT2D eigenvalue weighted by Crippen LogP contribution is 2.25. The minimum atomic E-state index is 0.754. The van der Waals surface area contributed by atoms with E-state index in [0.29, 0.717) is 0 Å². The first kappa shape index (κ1) is 11.7. The number of benzene rings is 2. The van der Waals surface area contributed by atoms with Crippen molar-refractivity contribution in [2.45, 2.75) is 0 Å². The molecule has 4 heteroatoms. The molecule has 2 aliphatic rings. The predicted octanol–water partition coefficient (Wildman–Crippen LogP) is 1.97. The lowest BCUT2D eigenvalue weighted by Crippen LogP contribution is -2.21. The van der Waals surface area contributed by atoms with E-state index in [1.165, 1.54) is 0 Å². The maximum Gasteiger partial charge on any atom is 0.203 e. The van der Waals surface area contributed by atoms with Gasteiger partial charge in [0, 0.05) is 12.1 Å². The number of rotatable bonds is 1. The van der Waals surface area contributed by atoms with Crippen molar-refractivity contribution >= 4 is 11.1 Å². The molecule has 4 nitrogen and oxygen atoms in total. The average Bonchev–Trinajstić information content (AvgIpc) is 2.43. The lowest BCUT2D eigenvalue weighted by atomic mass is 10.2. The zero-order valence-corrected chi connectivity index (χ0v) is 11.2. The molecule has 0 unspecified atom stereocenters. The molecule has 0 aromatic heterocycles. The average molecular weight is 255 g/mol. The largest absolute Gasteiger partial charge is 0.497 e. The van der Waals surface area contributed by atoms with Crippen LogP contribution in [0.3, 0.4) is 0 Å². The normalized spacial score (nSPS) is 10.9. The maximum absolute atomic E-state index is 5.89. The van der Waals surface area contributed by atoms with Crippen molar-refractivity contribution in [2.75, 3.05) is 21.2 Å². The monoisotopic (exact) mass is 255 g/mol. The van der Waals surface area contributed by atoms with Gasteiger partial charge in [0.15, 0.2) is 11.3 Å². The van der Waals surface area contributed by atoms with Gasteiger partial charge in [-0.2, -0.15) is 0 Å². The summed E-state index contributed by atoms with van der Waals surface area (Å²) in [6.45, 7) is 0. The lowest BCUT2D eigenvalue weighted by Gasteiger charge is -2.06. The van der Waals surface area contributed by atoms with Crippen LogP contribution in [0.1, 0.15) is 0 Å². The number of methoxy groups -OCH3 is 1. The third-order valence-corrected chi connectivity index (χ3v) is 3.09. The number of fused-ring (bicyclic) bond motifs is 2. The van der Waals surface area contributed by atoms with Crippen molar-refractivity contribution in [3.63, 3.8) is 0 Å². The third kappa shape index (κ3) is 2.05. The Morgan fingerprint density at radius 1 is 1.11 bits per heavy atom. The highest BCUT2D eigenvalue weighted by atomic mass is 16.5. The summed E-state index contributed by atoms with van der Waals surface area (Å²) in [5.74, 6) is 1.56. The van der Waals surface area contributed by atoms with Crippen molar-refractivity contribution < 1.29 is 9.15 Å². The van der Waals surface area contributed by atoms with Crippen molar-refractivity contribution in [2.24, 2.45) is 0 Å². The van der Waals surface area contributed by atoms with Crippen LogP contribution in [0.15, 0.2) is 40.8 Å². The molecule has 1 aromatic carbocycles. The van der Waals surface area contributed by atoms with Crippen LogP contribution in [0.2, 0.25) is 0 Å². The van der Waals surface area contributed by atoms with E-state index in [1.807, 2.05) is 55.1 Å². The van der Waals surface area contributed by atoms with Gasteiger partial charge in [-0.1, -0.05) is 0 Å². The molecule has 0 spiro atoms. The molecular formula is C15H15N2O2+. The van der Waals surface area contributed by atoms with Gasteiger partial charge in [-0.25, -0.2) is 9.56 Å². The molecule has 0 saturated heterocycles. The van der Waals surface area contributed by atoms with Crippen LogP contribution in [0, 0.1) is 0 Å². The van der Waals surface area contributed by atoms with Crippen LogP contribution in [0.5, 0.6) is 5.75 Å². The quantitative estimate of drug-likeness (QED) is 0.493. The summed E-state index contributed by atoms with van der Waals surface area (Å²) in [6.07, 6.45) is 0. The van der Waals surface area contributed by atoms with Crippen LogP contribution in [0.25, 0.3) is 22.6 Å². The van der Waals surface area contributed by atoms with Crippen molar-refractivity contribution in [1.82, 2.24) is 9.56 Å². The second-order valence-electron chi connectivity index (χ2n) is 4.59. The molecule has 1 aliphatic heterocycles. The molecule has 1 aliphatic carbocycles. The fraction of sp³-hybridized carbons (Fsp3) is 0.200. The molecule has 0 N–H and O–H groups in total. The van der Waals surface area contributed by atoms with Crippen molar-refractivity contribution in [3.05, 3.63) is 41.8 Å². The molecule has 0 atom stereocenters. The summed E-state index contributed by atoms with van der Waals surface area (Å²) in [6, 6.07) is 11.6. The fourth-order valence-electron chi connectivity index (χ4n) is 2.00. The van der Waals surface area contributed by atoms with Gasteiger partial charge in [-0.05, 0) is 18.2 Å². The van der Waals surface area contributed by atoms with Crippen LogP contribution in [-0.2, 0) is 0 Å². The topological polar surface area (TPSA) is 38.3 Å². The summed E-state index contributed by atoms with van der Waals surface area (Å²) in [4.78, 5) is 4.59. The second-order valence-corrected chi connectivity index (χ2v) is 4.59. The van der Waals surface area contributed by atoms with Gasteiger partial charge >= 0.3 is 0 Å². The molecule has 0 bridgehead atoms. The molecule has 0 fully saturated rings. The first-order valence-corrected chi connectivity index (χ1v) is 6.06. The summed E-state index contributed by atoms with van der Waals surface area (Å²) in [5, 5.41) is 1.09. The Morgan fingerprint density at radius 2 is 1.95 bits per heavy atom. The van der Waals surface area contributed by atoms with Crippen molar-refractivity contribution in [3.8, 4) is 17.2 Å². The molecule has 3 rings (SSSR count). The Hall–Kier alpha value is -2.36. The first-order valence-electron chi connectivity index (χ1n) is 6.06. The highest BCUT2D eigenvalue weighted by Gasteiger charge is 2.10. The van der Waals surface area contributed by atoms with E-state index in [2.05, 4.69) is 4.98 Å². The molecule has 1 heterocycles. The smallest absolute Gasteiger partial charge is 0.203 e. The van der Waals surface area contributed by atoms with Gasteiger partial charge in [0.05, 0.1) is 13.2 Å². The van der Waals surface area contributed by atoms with E-state index in [-0.39, 0.29) is 0 Å². The maximum atomic E-state index is 5.89. The molecule has 96 valence electrons. The number of hydrogen-bond acceptors (Lipinski definition) is 3. The van der Waals surface area contributed by atoms with Gasteiger partial charge in [-0.3, -0.25) is 0 Å². The van der Waals surface area contributed by atoms with E-state index < -0.39 is 0 Å². The standard InChI is InChI=1S/C15H15N2O2/c1-17(2)10-4-6-12-15(8-10)19-14-7-5-11(18-3)9-13(14)16-12/h4-9H,1-3H3/q+1. The van der Waals surface area contributed by atoms with Gasteiger partial charge in [0.1, 0.15) is 31.1 Å². The third-order valence-electron chi connectivity index (χ3n) is 3.09. The SMILES string of the molecule is COc1ccc2oc3cc(=[N+](C)C)ccc-3nc2c1. The van der Waals surface area contributed by atoms with E-state index in [4.69, 9.17) is 9.15 Å². The Balaban J connectivity index is 2.33. The van der Waals surface area contributed by atoms with E-state index in [1.54, 1.807) is 7.11 Å². The molecule has 19 heavy (non-hydrogen) atoms. The molecule has 0 radical (unpaired) electrons. The number of aromatic nitrogens is 1. The van der Waals surface area contributed by atoms with Crippen LogP contribution < -0.4 is 14.7 Å². The Bertz CT molecular complexity index is 786. The summed E-state index contributed by atoms with van der Waals surface area (Å²) < 4.78 is 13.1. The Morgan fingerprint density at radius 3 is 2.68 bits per heavy atom. The van der Waals surface area contributed by atoms with Crippen LogP contribution in [-0.4, -0.2) is 26.2 Å². The van der Waals surface area contributed by atoms with Crippen LogP contribution in [0.4, 0.5) is 0 Å². The zero-order valence-electron chi connectivity index (χ0n) is 11.2. The Kier molecular flexibility index (Phi) is 2.71. The first-order chi connectivity index (χ1) is 9.17. The van der Waals surface area contributed by atoms with Gasteiger partial charge in [0.25, 0.3) is 0 Å².